The lowest BCUT2D eigenvalue weighted by molar-refractivity contribution is -0.169. The molecule has 2 aliphatic rings. The molecule has 2 aliphatic heterocycles. The SMILES string of the molecule is CC(C)(C)OC(=O)N1CC=C(B2OC(C(C)(C)C)O2)CC1. The zero-order chi connectivity index (χ0) is 15.8. The Kier molecular flexibility index (Phi) is 4.40. The van der Waals surface area contributed by atoms with E-state index in [0.29, 0.717) is 13.1 Å². The van der Waals surface area contributed by atoms with Gasteiger partial charge < -0.3 is 18.9 Å². The Hall–Kier alpha value is -1.01. The van der Waals surface area contributed by atoms with E-state index in [9.17, 15) is 4.79 Å². The smallest absolute Gasteiger partial charge is 0.444 e. The molecule has 0 spiro atoms. The lowest BCUT2D eigenvalue weighted by atomic mass is 9.70. The molecule has 2 rings (SSSR count). The molecule has 0 aromatic carbocycles. The molecule has 1 fully saturated rings. The Morgan fingerprint density at radius 1 is 1.29 bits per heavy atom. The van der Waals surface area contributed by atoms with Crippen molar-refractivity contribution in [2.45, 2.75) is 59.9 Å². The van der Waals surface area contributed by atoms with E-state index in [0.717, 1.165) is 11.9 Å². The molecule has 0 aromatic heterocycles. The van der Waals surface area contributed by atoms with Crippen molar-refractivity contribution in [3.8, 4) is 0 Å². The number of rotatable bonds is 1. The minimum Gasteiger partial charge on any atom is -0.444 e. The molecule has 118 valence electrons. The summed E-state index contributed by atoms with van der Waals surface area (Å²) in [6.07, 6.45) is 2.37. The van der Waals surface area contributed by atoms with Gasteiger partial charge in [-0.15, -0.1) is 0 Å². The number of nitrogens with zero attached hydrogens (tertiary/aromatic N) is 1. The lowest BCUT2D eigenvalue weighted by Gasteiger charge is -2.43. The second kappa shape index (κ2) is 5.65. The predicted octanol–water partition coefficient (Wildman–Crippen LogP) is 3.00. The first kappa shape index (κ1) is 16.4. The molecule has 1 amide bonds. The van der Waals surface area contributed by atoms with Gasteiger partial charge in [-0.3, -0.25) is 0 Å². The zero-order valence-electron chi connectivity index (χ0n) is 13.9. The van der Waals surface area contributed by atoms with E-state index in [-0.39, 0.29) is 24.9 Å². The summed E-state index contributed by atoms with van der Waals surface area (Å²) >= 11 is 0. The molecule has 5 nitrogen and oxygen atoms in total. The molecule has 0 aliphatic carbocycles. The quantitative estimate of drug-likeness (QED) is 0.698. The van der Waals surface area contributed by atoms with Gasteiger partial charge in [-0.2, -0.15) is 0 Å². The molecule has 0 atom stereocenters. The van der Waals surface area contributed by atoms with Crippen LogP contribution in [0.3, 0.4) is 0 Å². The third-order valence-electron chi connectivity index (χ3n) is 3.40. The Balaban J connectivity index is 1.82. The first-order valence-corrected chi connectivity index (χ1v) is 7.54. The second-order valence-electron chi connectivity index (χ2n) is 7.76. The Morgan fingerprint density at radius 3 is 2.33 bits per heavy atom. The average Bonchev–Trinajstić information content (AvgIpc) is 2.23. The maximum atomic E-state index is 12.0. The summed E-state index contributed by atoms with van der Waals surface area (Å²) in [5.41, 5.74) is 0.658. The molecular weight excluding hydrogens is 269 g/mol. The number of carbonyl (C=O) groups excluding carboxylic acids is 1. The van der Waals surface area contributed by atoms with Crippen LogP contribution >= 0.6 is 0 Å². The van der Waals surface area contributed by atoms with Crippen molar-refractivity contribution >= 4 is 13.2 Å². The van der Waals surface area contributed by atoms with Gasteiger partial charge in [0.2, 0.25) is 0 Å². The van der Waals surface area contributed by atoms with E-state index in [2.05, 4.69) is 20.8 Å². The topological polar surface area (TPSA) is 48.0 Å². The van der Waals surface area contributed by atoms with Crippen LogP contribution < -0.4 is 0 Å². The Labute approximate surface area is 127 Å². The van der Waals surface area contributed by atoms with E-state index in [1.165, 1.54) is 0 Å². The molecular formula is C15H26BNO4. The first-order valence-electron chi connectivity index (χ1n) is 7.54. The molecule has 2 heterocycles. The van der Waals surface area contributed by atoms with Gasteiger partial charge in [0, 0.05) is 18.5 Å². The summed E-state index contributed by atoms with van der Waals surface area (Å²) in [4.78, 5) is 13.7. The number of ether oxygens (including phenoxy) is 1. The van der Waals surface area contributed by atoms with Gasteiger partial charge in [0.25, 0.3) is 0 Å². The van der Waals surface area contributed by atoms with Crippen molar-refractivity contribution in [1.29, 1.82) is 0 Å². The highest BCUT2D eigenvalue weighted by Crippen LogP contribution is 2.34. The van der Waals surface area contributed by atoms with Crippen LogP contribution in [-0.4, -0.2) is 43.1 Å². The van der Waals surface area contributed by atoms with Gasteiger partial charge in [0.1, 0.15) is 11.9 Å². The summed E-state index contributed by atoms with van der Waals surface area (Å²) in [5, 5.41) is 0. The van der Waals surface area contributed by atoms with Gasteiger partial charge >= 0.3 is 13.2 Å². The number of amides is 1. The molecule has 0 bridgehead atoms. The minimum absolute atomic E-state index is 0.00568. The number of carbonyl (C=O) groups is 1. The fourth-order valence-corrected chi connectivity index (χ4v) is 2.21. The van der Waals surface area contributed by atoms with Crippen LogP contribution in [0, 0.1) is 5.41 Å². The standard InChI is InChI=1S/C15H26BNO4/c1-14(2,3)12-20-16(21-12)11-7-9-17(10-8-11)13(18)19-15(4,5)6/h7,12H,8-10H2,1-6H3. The normalized spacial score (nSPS) is 21.0. The van der Waals surface area contributed by atoms with E-state index < -0.39 is 5.60 Å². The Morgan fingerprint density at radius 2 is 1.90 bits per heavy atom. The van der Waals surface area contributed by atoms with Gasteiger partial charge in [0.05, 0.1) is 0 Å². The van der Waals surface area contributed by atoms with Crippen molar-refractivity contribution in [2.24, 2.45) is 5.41 Å². The maximum Gasteiger partial charge on any atom is 0.493 e. The van der Waals surface area contributed by atoms with Gasteiger partial charge in [0.15, 0.2) is 0 Å². The monoisotopic (exact) mass is 295 g/mol. The molecule has 21 heavy (non-hydrogen) atoms. The van der Waals surface area contributed by atoms with Crippen LogP contribution in [0.2, 0.25) is 0 Å². The van der Waals surface area contributed by atoms with Gasteiger partial charge in [-0.25, -0.2) is 4.79 Å². The van der Waals surface area contributed by atoms with Crippen LogP contribution in [-0.2, 0) is 14.0 Å². The zero-order valence-corrected chi connectivity index (χ0v) is 13.9. The van der Waals surface area contributed by atoms with E-state index in [1.54, 1.807) is 4.90 Å². The fourth-order valence-electron chi connectivity index (χ4n) is 2.21. The largest absolute Gasteiger partial charge is 0.493 e. The average molecular weight is 295 g/mol. The van der Waals surface area contributed by atoms with Crippen LogP contribution in [0.15, 0.2) is 11.5 Å². The highest BCUT2D eigenvalue weighted by molar-refractivity contribution is 6.55. The predicted molar refractivity (Wildman–Crippen MR) is 81.7 cm³/mol. The van der Waals surface area contributed by atoms with Crippen LogP contribution in [0.25, 0.3) is 0 Å². The third-order valence-corrected chi connectivity index (χ3v) is 3.40. The van der Waals surface area contributed by atoms with Gasteiger partial charge in [-0.05, 0) is 32.7 Å². The highest BCUT2D eigenvalue weighted by atomic mass is 16.8. The molecule has 0 N–H and O–H groups in total. The maximum absolute atomic E-state index is 12.0. The highest BCUT2D eigenvalue weighted by Gasteiger charge is 2.45. The van der Waals surface area contributed by atoms with Crippen LogP contribution in [0.4, 0.5) is 4.79 Å². The van der Waals surface area contributed by atoms with Crippen molar-refractivity contribution in [3.05, 3.63) is 11.5 Å². The van der Waals surface area contributed by atoms with E-state index in [1.807, 2.05) is 26.8 Å². The summed E-state index contributed by atoms with van der Waals surface area (Å²) in [6, 6.07) is 0. The minimum atomic E-state index is -0.457. The first-order chi connectivity index (χ1) is 9.56. The molecule has 1 saturated heterocycles. The fraction of sp³-hybridized carbons (Fsp3) is 0.800. The van der Waals surface area contributed by atoms with E-state index >= 15 is 0 Å². The lowest BCUT2D eigenvalue weighted by Crippen LogP contribution is -2.54. The van der Waals surface area contributed by atoms with Crippen molar-refractivity contribution in [1.82, 2.24) is 4.90 Å². The molecule has 6 heteroatoms. The van der Waals surface area contributed by atoms with Crippen LogP contribution in [0.1, 0.15) is 48.0 Å². The Bertz CT molecular complexity index is 430. The number of hydrogen-bond donors (Lipinski definition) is 0. The van der Waals surface area contributed by atoms with Crippen molar-refractivity contribution in [2.75, 3.05) is 13.1 Å². The van der Waals surface area contributed by atoms with Crippen molar-refractivity contribution in [3.63, 3.8) is 0 Å². The van der Waals surface area contributed by atoms with E-state index in [4.69, 9.17) is 14.0 Å². The van der Waals surface area contributed by atoms with Crippen molar-refractivity contribution < 1.29 is 18.8 Å². The van der Waals surface area contributed by atoms with Gasteiger partial charge in [-0.1, -0.05) is 26.8 Å². The number of hydrogen-bond acceptors (Lipinski definition) is 4. The summed E-state index contributed by atoms with van der Waals surface area (Å²) in [7, 11) is -0.241. The second-order valence-corrected chi connectivity index (χ2v) is 7.76. The summed E-state index contributed by atoms with van der Waals surface area (Å²) in [6.45, 7) is 13.1. The summed E-state index contributed by atoms with van der Waals surface area (Å²) < 4.78 is 17.0. The third kappa shape index (κ3) is 4.23. The molecule has 0 aromatic rings. The summed E-state index contributed by atoms with van der Waals surface area (Å²) in [5.74, 6) is 0. The van der Waals surface area contributed by atoms with Crippen LogP contribution in [0.5, 0.6) is 0 Å². The molecule has 0 unspecified atom stereocenters. The molecule has 0 radical (unpaired) electrons. The molecule has 0 saturated carbocycles.